The van der Waals surface area contributed by atoms with Crippen LogP contribution >= 0.6 is 11.6 Å². The minimum Gasteiger partial charge on any atom is -0.538 e. The van der Waals surface area contributed by atoms with Gasteiger partial charge in [-0.1, -0.05) is 32.4 Å². The summed E-state index contributed by atoms with van der Waals surface area (Å²) in [7, 11) is -5.47. The van der Waals surface area contributed by atoms with Gasteiger partial charge in [-0.2, -0.15) is 4.31 Å². The third-order valence-corrected chi connectivity index (χ3v) is 9.64. The van der Waals surface area contributed by atoms with Crippen molar-refractivity contribution in [2.24, 2.45) is 0 Å². The molecule has 1 radical (unpaired) electrons. The molecule has 1 atom stereocenters. The molecule has 0 aliphatic carbocycles. The number of hydrogen-bond donors (Lipinski definition) is 2. The summed E-state index contributed by atoms with van der Waals surface area (Å²) in [6.45, 7) is 13.8. The van der Waals surface area contributed by atoms with E-state index in [4.69, 9.17) is 25.2 Å². The molecule has 15 heteroatoms. The van der Waals surface area contributed by atoms with Crippen molar-refractivity contribution in [1.82, 2.24) is 19.5 Å². The zero-order chi connectivity index (χ0) is 33.5. The molecule has 3 aromatic rings. The quantitative estimate of drug-likeness (QED) is 0.343. The Bertz CT molecular complexity index is 1760. The number of rotatable bonds is 7. The molecule has 1 unspecified atom stereocenters. The van der Waals surface area contributed by atoms with E-state index in [0.717, 1.165) is 4.31 Å². The number of benzene rings is 1. The van der Waals surface area contributed by atoms with E-state index in [2.05, 4.69) is 10.3 Å². The summed E-state index contributed by atoms with van der Waals surface area (Å²) in [6, 6.07) is 5.21. The van der Waals surface area contributed by atoms with Gasteiger partial charge in [0.2, 0.25) is 11.3 Å². The zero-order valence-corrected chi connectivity index (χ0v) is 29.3. The van der Waals surface area contributed by atoms with Crippen LogP contribution in [0.1, 0.15) is 52.9 Å². The van der Waals surface area contributed by atoms with Crippen molar-refractivity contribution in [1.29, 1.82) is 0 Å². The molecule has 245 valence electrons. The van der Waals surface area contributed by atoms with Gasteiger partial charge in [0.1, 0.15) is 16.7 Å². The first kappa shape index (κ1) is 34.5. The second-order valence-corrected chi connectivity index (χ2v) is 17.5. The Hall–Kier alpha value is -3.33. The fourth-order valence-electron chi connectivity index (χ4n) is 4.81. The molecule has 3 heterocycles. The van der Waals surface area contributed by atoms with Crippen LogP contribution in [0.15, 0.2) is 44.8 Å². The van der Waals surface area contributed by atoms with Crippen molar-refractivity contribution >= 4 is 53.6 Å². The van der Waals surface area contributed by atoms with Crippen LogP contribution in [-0.4, -0.2) is 74.9 Å². The van der Waals surface area contributed by atoms with E-state index < -0.39 is 48.1 Å². The largest absolute Gasteiger partial charge is 0.538 e. The highest BCUT2D eigenvalue weighted by atomic mass is 35.5. The number of hydrogen-bond acceptors (Lipinski definition) is 8. The third-order valence-electron chi connectivity index (χ3n) is 7.01. The fourth-order valence-corrected chi connectivity index (χ4v) is 7.06. The highest BCUT2D eigenvalue weighted by Crippen LogP contribution is 2.27. The van der Waals surface area contributed by atoms with Crippen LogP contribution in [0.3, 0.4) is 0 Å². The van der Waals surface area contributed by atoms with Gasteiger partial charge in [0.15, 0.2) is 11.5 Å². The van der Waals surface area contributed by atoms with Crippen LogP contribution < -0.4 is 15.2 Å². The molecule has 1 aliphatic rings. The number of sulfonamides is 1. The average Bonchev–Trinajstić information content (AvgIpc) is 3.35. The molecule has 0 saturated carbocycles. The number of aromatic nitrogens is 1. The van der Waals surface area contributed by atoms with Crippen molar-refractivity contribution in [3.63, 3.8) is 0 Å². The summed E-state index contributed by atoms with van der Waals surface area (Å²) in [5.74, 6) is -0.512. The highest BCUT2D eigenvalue weighted by molar-refractivity contribution is 7.89. The number of halogens is 1. The zero-order valence-electron chi connectivity index (χ0n) is 26.7. The van der Waals surface area contributed by atoms with Crippen LogP contribution in [0, 0.1) is 0 Å². The first-order valence-electron chi connectivity index (χ1n) is 14.5. The second-order valence-electron chi connectivity index (χ2n) is 13.1. The van der Waals surface area contributed by atoms with Gasteiger partial charge in [0.05, 0.1) is 12.8 Å². The first-order valence-corrected chi connectivity index (χ1v) is 18.7. The molecule has 1 aliphatic heterocycles. The number of nitrogens with one attached hydrogen (secondary N) is 2. The van der Waals surface area contributed by atoms with Gasteiger partial charge in [-0.05, 0) is 63.5 Å². The first-order chi connectivity index (χ1) is 20.8. The predicted molar refractivity (Wildman–Crippen MR) is 172 cm³/mol. The number of H-pyrrole nitrogens is 1. The van der Waals surface area contributed by atoms with E-state index in [0.29, 0.717) is 21.5 Å². The van der Waals surface area contributed by atoms with Crippen molar-refractivity contribution in [2.75, 3.05) is 19.6 Å². The van der Waals surface area contributed by atoms with Crippen molar-refractivity contribution in [3.8, 4) is 5.75 Å². The van der Waals surface area contributed by atoms with E-state index >= 15 is 0 Å². The van der Waals surface area contributed by atoms with Crippen molar-refractivity contribution in [3.05, 3.63) is 57.1 Å². The van der Waals surface area contributed by atoms with Gasteiger partial charge in [-0.3, -0.25) is 14.5 Å². The maximum Gasteiger partial charge on any atom is 0.411 e. The Morgan fingerprint density at radius 1 is 1.13 bits per heavy atom. The van der Waals surface area contributed by atoms with E-state index in [1.54, 1.807) is 39.0 Å². The highest BCUT2D eigenvalue weighted by Gasteiger charge is 2.42. The van der Waals surface area contributed by atoms with E-state index in [9.17, 15) is 22.8 Å². The molecule has 1 fully saturated rings. The molecule has 12 nitrogen and oxygen atoms in total. The number of piperazine rings is 1. The van der Waals surface area contributed by atoms with Crippen LogP contribution in [0.25, 0.3) is 10.9 Å². The Morgan fingerprint density at radius 3 is 2.44 bits per heavy atom. The lowest BCUT2D eigenvalue weighted by Gasteiger charge is -2.40. The minimum absolute atomic E-state index is 0.0253. The van der Waals surface area contributed by atoms with E-state index in [1.807, 2.05) is 33.9 Å². The van der Waals surface area contributed by atoms with Crippen LogP contribution in [0.2, 0.25) is 18.1 Å². The lowest BCUT2D eigenvalue weighted by Crippen LogP contribution is -2.62. The number of carbonyl (C=O) groups excluding carboxylic acids is 2. The molecule has 2 N–H and O–H groups in total. The number of nitrogens with zero attached hydrogens (tertiary/aromatic N) is 2. The maximum atomic E-state index is 13.7. The van der Waals surface area contributed by atoms with Crippen molar-refractivity contribution in [2.45, 2.75) is 83.3 Å². The minimum atomic E-state index is -4.10. The maximum absolute atomic E-state index is 13.7. The Kier molecular flexibility index (Phi) is 9.83. The number of ether oxygens (including phenoxy) is 1. The Balaban J connectivity index is 1.63. The van der Waals surface area contributed by atoms with E-state index in [1.165, 1.54) is 17.2 Å². The predicted octanol–water partition coefficient (Wildman–Crippen LogP) is 4.63. The van der Waals surface area contributed by atoms with Crippen molar-refractivity contribution < 1.29 is 31.6 Å². The molecular formula is C30H40ClN4O8SSi. The monoisotopic (exact) mass is 679 g/mol. The molecule has 45 heavy (non-hydrogen) atoms. The molecule has 4 rings (SSSR count). The van der Waals surface area contributed by atoms with Crippen LogP contribution in [0.4, 0.5) is 4.79 Å². The molecule has 2 aromatic heterocycles. The number of amides is 2. The third kappa shape index (κ3) is 7.91. The molecule has 0 bridgehead atoms. The van der Waals surface area contributed by atoms with Gasteiger partial charge < -0.3 is 23.9 Å². The Labute approximate surface area is 269 Å². The molecule has 1 saturated heterocycles. The number of aromatic amines is 1. The average molecular weight is 680 g/mol. The summed E-state index contributed by atoms with van der Waals surface area (Å²) in [4.78, 5) is 44.4. The van der Waals surface area contributed by atoms with Gasteiger partial charge in [-0.25, -0.2) is 13.2 Å². The smallest absolute Gasteiger partial charge is 0.411 e. The molecule has 0 spiro atoms. The van der Waals surface area contributed by atoms with Gasteiger partial charge in [0.25, 0.3) is 19.1 Å². The number of fused-ring (bicyclic) bond motifs is 1. The molecule has 1 aromatic carbocycles. The van der Waals surface area contributed by atoms with E-state index in [-0.39, 0.29) is 48.1 Å². The topological polar surface area (TPSA) is 151 Å². The summed E-state index contributed by atoms with van der Waals surface area (Å²) < 4.78 is 45.9. The summed E-state index contributed by atoms with van der Waals surface area (Å²) in [5, 5.41) is 3.73. The van der Waals surface area contributed by atoms with Gasteiger partial charge in [0, 0.05) is 41.1 Å². The van der Waals surface area contributed by atoms with Crippen LogP contribution in [-0.2, 0) is 31.5 Å². The fraction of sp³-hybridized carbons (Fsp3) is 0.500. The summed E-state index contributed by atoms with van der Waals surface area (Å²) >= 11 is 6.08. The number of carbonyl (C=O) groups is 2. The summed E-state index contributed by atoms with van der Waals surface area (Å²) in [5.41, 5.74) is -0.664. The van der Waals surface area contributed by atoms with Gasteiger partial charge >= 0.3 is 6.09 Å². The molecular weight excluding hydrogens is 640 g/mol. The standard InChI is InChI=1S/C30H40ClN4O8SSi/c1-29(2,3)20-17-41-23(26(25(20)36)43-45(7)8)15-32-27(37)22-16-34(11-12-35(22)28(38)42-30(4,5)6)44(39,40)24-14-18-13-19(31)9-10-21(18)33-24/h9-10,13-14,17,22,33H,11-12,15-16H2,1-8H3,(H,32,37). The normalized spacial score (nSPS) is 16.7. The Morgan fingerprint density at radius 2 is 1.82 bits per heavy atom. The SMILES string of the molecule is C[Si](C)Oc1c(CNC(=O)C2CN(S(=O)(=O)c3cc4cc(Cl)ccc4[nH]3)CCN2C(=O)OC(C)(C)C)occ(C(C)(C)C)c1=O. The summed E-state index contributed by atoms with van der Waals surface area (Å²) in [6.07, 6.45) is 0.610. The lowest BCUT2D eigenvalue weighted by molar-refractivity contribution is -0.128. The lowest BCUT2D eigenvalue weighted by atomic mass is 9.88. The van der Waals surface area contributed by atoms with Gasteiger partial charge in [-0.15, -0.1) is 0 Å². The second kappa shape index (κ2) is 12.8. The van der Waals surface area contributed by atoms with Crippen LogP contribution in [0.5, 0.6) is 5.75 Å². The molecule has 2 amide bonds.